The number of urea groups is 1. The highest BCUT2D eigenvalue weighted by Gasteiger charge is 2.46. The predicted molar refractivity (Wildman–Crippen MR) is 117 cm³/mol. The first-order chi connectivity index (χ1) is 16.2. The third kappa shape index (κ3) is 5.78. The summed E-state index contributed by atoms with van der Waals surface area (Å²) in [5.74, 6) is -0.488. The van der Waals surface area contributed by atoms with E-state index in [-0.39, 0.29) is 18.9 Å². The van der Waals surface area contributed by atoms with Crippen LogP contribution in [0.3, 0.4) is 0 Å². The van der Waals surface area contributed by atoms with Crippen molar-refractivity contribution in [2.24, 2.45) is 0 Å². The van der Waals surface area contributed by atoms with Crippen LogP contribution in [0.4, 0.5) is 29.3 Å². The molecule has 1 fully saturated rings. The number of anilines is 2. The molecule has 3 amide bonds. The number of hydrogen-bond acceptors (Lipinski definition) is 5. The first-order valence-electron chi connectivity index (χ1n) is 10.8. The minimum atomic E-state index is -4.50. The summed E-state index contributed by atoms with van der Waals surface area (Å²) in [7, 11) is 0. The van der Waals surface area contributed by atoms with Crippen LogP contribution in [0.5, 0.6) is 5.75 Å². The van der Waals surface area contributed by atoms with Crippen LogP contribution in [0.1, 0.15) is 24.3 Å². The van der Waals surface area contributed by atoms with Crippen molar-refractivity contribution in [1.29, 1.82) is 0 Å². The van der Waals surface area contributed by atoms with Gasteiger partial charge in [-0.3, -0.25) is 4.79 Å². The number of rotatable bonds is 6. The van der Waals surface area contributed by atoms with E-state index in [0.717, 1.165) is 5.56 Å². The Labute approximate surface area is 193 Å². The number of hydrogen-bond donors (Lipinski definition) is 4. The van der Waals surface area contributed by atoms with Gasteiger partial charge in [0.2, 0.25) is 5.91 Å². The number of ether oxygens (including phenoxy) is 2. The Hall–Kier alpha value is -3.31. The van der Waals surface area contributed by atoms with Crippen molar-refractivity contribution >= 4 is 23.3 Å². The van der Waals surface area contributed by atoms with Gasteiger partial charge in [0.1, 0.15) is 24.5 Å². The summed E-state index contributed by atoms with van der Waals surface area (Å²) in [5.41, 5.74) is 1.92. The summed E-state index contributed by atoms with van der Waals surface area (Å²) in [6.07, 6.45) is -6.42. The molecule has 0 aliphatic carbocycles. The largest absolute Gasteiger partial charge is 0.487 e. The number of carbonyl (C=O) groups excluding carboxylic acids is 2. The van der Waals surface area contributed by atoms with Gasteiger partial charge in [-0.05, 0) is 36.8 Å². The lowest BCUT2D eigenvalue weighted by Gasteiger charge is -2.37. The molecule has 4 rings (SSSR count). The predicted octanol–water partition coefficient (Wildman–Crippen LogP) is 3.39. The van der Waals surface area contributed by atoms with Gasteiger partial charge in [-0.2, -0.15) is 13.2 Å². The Bertz CT molecular complexity index is 1030. The van der Waals surface area contributed by atoms with Crippen LogP contribution >= 0.6 is 0 Å². The molecule has 0 unspecified atom stereocenters. The van der Waals surface area contributed by atoms with Crippen LogP contribution in [0.25, 0.3) is 0 Å². The highest BCUT2D eigenvalue weighted by Crippen LogP contribution is 2.47. The van der Waals surface area contributed by atoms with Crippen LogP contribution < -0.4 is 20.7 Å². The van der Waals surface area contributed by atoms with Crippen LogP contribution in [0.2, 0.25) is 0 Å². The van der Waals surface area contributed by atoms with Crippen molar-refractivity contribution in [2.75, 3.05) is 23.8 Å². The van der Waals surface area contributed by atoms with E-state index < -0.39 is 43.0 Å². The molecular weight excluding hydrogens is 455 g/mol. The molecule has 2 aliphatic heterocycles. The Kier molecular flexibility index (Phi) is 6.94. The van der Waals surface area contributed by atoms with Crippen molar-refractivity contribution in [3.8, 4) is 5.75 Å². The van der Waals surface area contributed by atoms with Crippen molar-refractivity contribution < 1.29 is 37.3 Å². The lowest BCUT2D eigenvalue weighted by Crippen LogP contribution is -2.47. The molecule has 0 radical (unpaired) electrons. The maximum absolute atomic E-state index is 12.4. The van der Waals surface area contributed by atoms with Crippen LogP contribution in [0, 0.1) is 0 Å². The molecule has 2 aromatic rings. The Balaban J connectivity index is 1.43. The quantitative estimate of drug-likeness (QED) is 0.508. The van der Waals surface area contributed by atoms with E-state index in [1.54, 1.807) is 42.5 Å². The fourth-order valence-corrected chi connectivity index (χ4v) is 4.26. The molecule has 4 atom stereocenters. The van der Waals surface area contributed by atoms with Crippen LogP contribution in [0.15, 0.2) is 48.5 Å². The van der Waals surface area contributed by atoms with Crippen molar-refractivity contribution in [2.45, 2.75) is 43.2 Å². The van der Waals surface area contributed by atoms with Gasteiger partial charge in [0.25, 0.3) is 0 Å². The highest BCUT2D eigenvalue weighted by molar-refractivity contribution is 5.99. The van der Waals surface area contributed by atoms with E-state index >= 15 is 0 Å². The number of aliphatic hydroxyl groups excluding tert-OH is 1. The van der Waals surface area contributed by atoms with Crippen LogP contribution in [-0.4, -0.2) is 54.7 Å². The Morgan fingerprint density at radius 3 is 2.50 bits per heavy atom. The monoisotopic (exact) mass is 479 g/mol. The van der Waals surface area contributed by atoms with Gasteiger partial charge in [-0.1, -0.05) is 18.2 Å². The number of nitrogens with one attached hydrogen (secondary N) is 3. The third-order valence-electron chi connectivity index (χ3n) is 5.69. The average Bonchev–Trinajstić information content (AvgIpc) is 3.15. The zero-order chi connectivity index (χ0) is 24.3. The summed E-state index contributed by atoms with van der Waals surface area (Å²) in [4.78, 5) is 24.3. The van der Waals surface area contributed by atoms with Gasteiger partial charge in [0.05, 0.1) is 19.1 Å². The summed E-state index contributed by atoms with van der Waals surface area (Å²) < 4.78 is 48.8. The number of halogens is 3. The number of aliphatic hydroxyl groups is 1. The molecular formula is C23H24F3N3O5. The van der Waals surface area contributed by atoms with Gasteiger partial charge < -0.3 is 30.5 Å². The molecule has 8 nitrogen and oxygen atoms in total. The summed E-state index contributed by atoms with van der Waals surface area (Å²) in [6, 6.07) is 13.6. The number of amides is 3. The van der Waals surface area contributed by atoms with E-state index in [4.69, 9.17) is 9.47 Å². The normalized spacial score (nSPS) is 23.3. The molecule has 0 saturated carbocycles. The molecule has 1 saturated heterocycles. The van der Waals surface area contributed by atoms with Crippen molar-refractivity contribution in [3.05, 3.63) is 54.1 Å². The second-order valence-electron chi connectivity index (χ2n) is 8.20. The lowest BCUT2D eigenvalue weighted by atomic mass is 9.84. The molecule has 182 valence electrons. The molecule has 2 heterocycles. The fourth-order valence-electron chi connectivity index (χ4n) is 4.26. The van der Waals surface area contributed by atoms with Crippen molar-refractivity contribution in [1.82, 2.24) is 5.32 Å². The number of benzene rings is 2. The van der Waals surface area contributed by atoms with Crippen LogP contribution in [-0.2, 0) is 9.53 Å². The fraction of sp³-hybridized carbons (Fsp3) is 0.391. The number of fused-ring (bicyclic) bond motifs is 3. The topological polar surface area (TPSA) is 109 Å². The number of alkyl halides is 3. The second kappa shape index (κ2) is 9.90. The summed E-state index contributed by atoms with van der Waals surface area (Å²) in [6.45, 7) is -1.79. The highest BCUT2D eigenvalue weighted by atomic mass is 19.4. The van der Waals surface area contributed by atoms with Gasteiger partial charge in [0.15, 0.2) is 0 Å². The second-order valence-corrected chi connectivity index (χ2v) is 8.20. The molecule has 4 N–H and O–H groups in total. The van der Waals surface area contributed by atoms with E-state index in [2.05, 4.69) is 10.6 Å². The molecule has 2 aromatic carbocycles. The smallest absolute Gasteiger partial charge is 0.405 e. The maximum atomic E-state index is 12.4. The van der Waals surface area contributed by atoms with Crippen molar-refractivity contribution in [3.63, 3.8) is 0 Å². The minimum Gasteiger partial charge on any atom is -0.487 e. The summed E-state index contributed by atoms with van der Waals surface area (Å²) in [5, 5.41) is 17.1. The first-order valence-corrected chi connectivity index (χ1v) is 10.8. The molecule has 2 aliphatic rings. The van der Waals surface area contributed by atoms with Gasteiger partial charge in [-0.25, -0.2) is 4.79 Å². The minimum absolute atomic E-state index is 0.264. The first kappa shape index (κ1) is 23.8. The SMILES string of the molecule is O=C(C[C@@H]1C[C@H]2c3cc(NC(=O)Nc4ccccc4)ccc3O[C@H]2[C@@H](CO)O1)NCC(F)(F)F. The van der Waals surface area contributed by atoms with E-state index in [1.165, 1.54) is 0 Å². The van der Waals surface area contributed by atoms with E-state index in [1.807, 2.05) is 11.4 Å². The van der Waals surface area contributed by atoms with Gasteiger partial charge in [0, 0.05) is 22.9 Å². The maximum Gasteiger partial charge on any atom is 0.405 e. The molecule has 0 bridgehead atoms. The van der Waals surface area contributed by atoms with Gasteiger partial charge in [-0.15, -0.1) is 0 Å². The molecule has 34 heavy (non-hydrogen) atoms. The molecule has 0 aromatic heterocycles. The number of carbonyl (C=O) groups is 2. The zero-order valence-corrected chi connectivity index (χ0v) is 18.0. The zero-order valence-electron chi connectivity index (χ0n) is 18.0. The van der Waals surface area contributed by atoms with E-state index in [0.29, 0.717) is 23.5 Å². The third-order valence-corrected chi connectivity index (χ3v) is 5.69. The van der Waals surface area contributed by atoms with Gasteiger partial charge >= 0.3 is 12.2 Å². The molecule has 0 spiro atoms. The number of para-hydroxylation sites is 1. The Morgan fingerprint density at radius 2 is 1.79 bits per heavy atom. The Morgan fingerprint density at radius 1 is 1.06 bits per heavy atom. The van der Waals surface area contributed by atoms with E-state index in [9.17, 15) is 27.9 Å². The standard InChI is InChI=1S/C23H24F3N3O5/c24-23(25,26)12-27-20(31)10-15-9-17-16-8-14(29-22(32)28-13-4-2-1-3-5-13)6-7-18(16)34-21(17)19(11-30)33-15/h1-8,15,17,19,21,30H,9-12H2,(H,27,31)(H2,28,29,32)/t15-,17-,19+,21+/m0/s1. The lowest BCUT2D eigenvalue weighted by molar-refractivity contribution is -0.149. The summed E-state index contributed by atoms with van der Waals surface area (Å²) >= 11 is 0. The molecule has 11 heteroatoms. The average molecular weight is 479 g/mol.